The number of fused-ring (bicyclic) bond motifs is 2. The molecule has 320 valence electrons. The topological polar surface area (TPSA) is 113 Å². The number of nitrogens with zero attached hydrogens (tertiary/aromatic N) is 5. The SMILES string of the molecule is CC(C)[Si](OCc1nc2c(C3=CCOCC3)nn(COCC[Si](C)(C)C)c2nc1N1CCC2(CC1)Cc1cc(F)ccc1[C@H]2NC(=O)OC(C)(C)C)(C(C)C)C(C)C. The van der Waals surface area contributed by atoms with Crippen LogP contribution in [-0.2, 0) is 38.4 Å². The van der Waals surface area contributed by atoms with E-state index in [2.05, 4.69) is 77.5 Å². The Hall–Kier alpha value is -3.18. The van der Waals surface area contributed by atoms with E-state index < -0.39 is 28.1 Å². The highest BCUT2D eigenvalue weighted by molar-refractivity contribution is 6.77. The fraction of sp³-hybridized carbons (Fsp3) is 0.682. The van der Waals surface area contributed by atoms with Crippen molar-refractivity contribution >= 4 is 45.0 Å². The second-order valence-electron chi connectivity index (χ2n) is 20.0. The van der Waals surface area contributed by atoms with Gasteiger partial charge >= 0.3 is 6.09 Å². The number of ether oxygens (including phenoxy) is 3. The second-order valence-corrected chi connectivity index (χ2v) is 31.1. The van der Waals surface area contributed by atoms with Crippen molar-refractivity contribution in [2.24, 2.45) is 5.41 Å². The minimum Gasteiger partial charge on any atom is -0.444 e. The van der Waals surface area contributed by atoms with E-state index in [1.807, 2.05) is 31.5 Å². The average molecular weight is 837 g/mol. The van der Waals surface area contributed by atoms with Gasteiger partial charge in [0, 0.05) is 33.2 Å². The molecule has 0 radical (unpaired) electrons. The molecule has 14 heteroatoms. The largest absolute Gasteiger partial charge is 0.444 e. The molecule has 3 aliphatic rings. The third kappa shape index (κ3) is 9.56. The van der Waals surface area contributed by atoms with E-state index in [0.717, 1.165) is 64.7 Å². The molecule has 1 aliphatic carbocycles. The summed E-state index contributed by atoms with van der Waals surface area (Å²) in [6.07, 6.45) is 4.58. The van der Waals surface area contributed by atoms with Gasteiger partial charge in [0.05, 0.1) is 25.9 Å². The van der Waals surface area contributed by atoms with Crippen LogP contribution in [0.2, 0.25) is 42.3 Å². The van der Waals surface area contributed by atoms with Crippen molar-refractivity contribution in [1.82, 2.24) is 25.1 Å². The Morgan fingerprint density at radius 2 is 1.74 bits per heavy atom. The lowest BCUT2D eigenvalue weighted by Crippen LogP contribution is -2.48. The van der Waals surface area contributed by atoms with Gasteiger partial charge in [-0.1, -0.05) is 73.3 Å². The molecule has 6 rings (SSSR count). The molecule has 4 heterocycles. The van der Waals surface area contributed by atoms with Crippen molar-refractivity contribution in [3.63, 3.8) is 0 Å². The Kier molecular flexibility index (Phi) is 13.3. The standard InChI is InChI=1S/C44H69FN6O5Si2/c1-29(2)58(30(3)4,31(5)6)55-27-36-40(48-41-38(46-36)37(32-15-21-53-22-16-32)49-51(41)28-54-23-24-57(10,11)12)50-19-17-44(18-20-50)26-33-25-34(45)13-14-35(33)39(44)47-42(52)56-43(7,8)9/h13-15,25,29-31,39H,16-24,26-28H2,1-12H3,(H,47,52)/t39-/m1/s1. The zero-order valence-electron chi connectivity index (χ0n) is 37.3. The Labute approximate surface area is 348 Å². The molecule has 58 heavy (non-hydrogen) atoms. The van der Waals surface area contributed by atoms with E-state index in [-0.39, 0.29) is 24.0 Å². The van der Waals surface area contributed by atoms with Crippen LogP contribution in [0.5, 0.6) is 0 Å². The van der Waals surface area contributed by atoms with Crippen LogP contribution < -0.4 is 10.2 Å². The summed E-state index contributed by atoms with van der Waals surface area (Å²) in [4.78, 5) is 26.6. The van der Waals surface area contributed by atoms with Crippen LogP contribution in [-0.4, -0.2) is 80.7 Å². The van der Waals surface area contributed by atoms with Gasteiger partial charge in [0.15, 0.2) is 11.5 Å². The summed E-state index contributed by atoms with van der Waals surface area (Å²) >= 11 is 0. The lowest BCUT2D eigenvalue weighted by Gasteiger charge is -2.44. The van der Waals surface area contributed by atoms with Gasteiger partial charge in [0.1, 0.15) is 35.1 Å². The molecule has 1 amide bonds. The van der Waals surface area contributed by atoms with Crippen LogP contribution >= 0.6 is 0 Å². The van der Waals surface area contributed by atoms with Gasteiger partial charge in [-0.15, -0.1) is 0 Å². The number of aromatic nitrogens is 4. The smallest absolute Gasteiger partial charge is 0.408 e. The molecule has 1 fully saturated rings. The summed E-state index contributed by atoms with van der Waals surface area (Å²) < 4.78 is 41.5. The molecule has 0 unspecified atom stereocenters. The van der Waals surface area contributed by atoms with Crippen LogP contribution in [0.4, 0.5) is 15.0 Å². The Balaban J connectivity index is 1.39. The number of nitrogens with one attached hydrogen (secondary N) is 1. The van der Waals surface area contributed by atoms with E-state index in [0.29, 0.717) is 68.2 Å². The predicted octanol–water partition coefficient (Wildman–Crippen LogP) is 10.2. The first kappa shape index (κ1) is 44.4. The maximum absolute atomic E-state index is 14.6. The Morgan fingerprint density at radius 1 is 1.05 bits per heavy atom. The number of carbonyl (C=O) groups excluding carboxylic acids is 1. The summed E-state index contributed by atoms with van der Waals surface area (Å²) in [6.45, 7) is 30.3. The summed E-state index contributed by atoms with van der Waals surface area (Å²) in [6, 6.07) is 5.70. The zero-order valence-corrected chi connectivity index (χ0v) is 39.3. The molecule has 1 spiro atoms. The van der Waals surface area contributed by atoms with Crippen LogP contribution in [0.3, 0.4) is 0 Å². The number of piperidine rings is 1. The van der Waals surface area contributed by atoms with Crippen molar-refractivity contribution in [2.75, 3.05) is 37.8 Å². The number of alkyl carbamates (subject to hydrolysis) is 1. The first-order valence-electron chi connectivity index (χ1n) is 21.5. The highest BCUT2D eigenvalue weighted by Crippen LogP contribution is 2.53. The van der Waals surface area contributed by atoms with Crippen molar-refractivity contribution < 1.29 is 27.8 Å². The minimum atomic E-state index is -2.27. The maximum Gasteiger partial charge on any atom is 0.408 e. The molecule has 3 aromatic rings. The third-order valence-electron chi connectivity index (χ3n) is 12.6. The number of hydrogen-bond donors (Lipinski definition) is 1. The predicted molar refractivity (Wildman–Crippen MR) is 235 cm³/mol. The zero-order chi connectivity index (χ0) is 42.2. The minimum absolute atomic E-state index is 0.266. The molecule has 1 aromatic carbocycles. The molecular weight excluding hydrogens is 768 g/mol. The van der Waals surface area contributed by atoms with Gasteiger partial charge in [0.2, 0.25) is 8.32 Å². The van der Waals surface area contributed by atoms with Crippen LogP contribution in [0.25, 0.3) is 16.7 Å². The van der Waals surface area contributed by atoms with E-state index in [9.17, 15) is 9.18 Å². The summed E-state index contributed by atoms with van der Waals surface area (Å²) in [7, 11) is -3.57. The van der Waals surface area contributed by atoms with Gasteiger partial charge < -0.3 is 28.9 Å². The quantitative estimate of drug-likeness (QED) is 0.125. The van der Waals surface area contributed by atoms with Gasteiger partial charge in [-0.05, 0) is 98.0 Å². The van der Waals surface area contributed by atoms with Crippen molar-refractivity contribution in [3.05, 3.63) is 52.6 Å². The lowest BCUT2D eigenvalue weighted by molar-refractivity contribution is 0.0428. The fourth-order valence-corrected chi connectivity index (χ4v) is 15.9. The van der Waals surface area contributed by atoms with Gasteiger partial charge in [0.25, 0.3) is 0 Å². The number of hydrogen-bond acceptors (Lipinski definition) is 9. The normalized spacial score (nSPS) is 18.8. The molecule has 0 bridgehead atoms. The molecular formula is C44H69FN6O5Si2. The number of carbonyl (C=O) groups is 1. The van der Waals surface area contributed by atoms with Gasteiger partial charge in [-0.3, -0.25) is 0 Å². The first-order valence-corrected chi connectivity index (χ1v) is 27.4. The van der Waals surface area contributed by atoms with E-state index in [1.54, 1.807) is 6.07 Å². The lowest BCUT2D eigenvalue weighted by atomic mass is 9.72. The molecule has 1 saturated heterocycles. The molecule has 1 atom stereocenters. The molecule has 2 aromatic heterocycles. The maximum atomic E-state index is 14.6. The average Bonchev–Trinajstić information content (AvgIpc) is 3.62. The van der Waals surface area contributed by atoms with Gasteiger partial charge in [-0.25, -0.2) is 23.8 Å². The van der Waals surface area contributed by atoms with Crippen molar-refractivity contribution in [2.45, 2.75) is 155 Å². The summed E-state index contributed by atoms with van der Waals surface area (Å²) in [5, 5.41) is 8.36. The third-order valence-corrected chi connectivity index (χ3v) is 20.3. The summed E-state index contributed by atoms with van der Waals surface area (Å²) in [5.74, 6) is 0.536. The fourth-order valence-electron chi connectivity index (χ4n) is 9.73. The molecule has 11 nitrogen and oxygen atoms in total. The summed E-state index contributed by atoms with van der Waals surface area (Å²) in [5.41, 5.74) is 6.38. The van der Waals surface area contributed by atoms with Crippen LogP contribution in [0.15, 0.2) is 24.3 Å². The Bertz CT molecular complexity index is 1940. The first-order chi connectivity index (χ1) is 27.2. The number of benzene rings is 1. The van der Waals surface area contributed by atoms with Crippen LogP contribution in [0, 0.1) is 11.2 Å². The number of halogens is 1. The van der Waals surface area contributed by atoms with Crippen molar-refractivity contribution in [3.8, 4) is 0 Å². The molecule has 2 aliphatic heterocycles. The number of rotatable bonds is 14. The molecule has 1 N–H and O–H groups in total. The highest BCUT2D eigenvalue weighted by Gasteiger charge is 2.50. The monoisotopic (exact) mass is 836 g/mol. The molecule has 0 saturated carbocycles. The number of amides is 1. The van der Waals surface area contributed by atoms with E-state index in [4.69, 9.17) is 33.7 Å². The Morgan fingerprint density at radius 3 is 2.34 bits per heavy atom. The van der Waals surface area contributed by atoms with Crippen LogP contribution in [0.1, 0.15) is 110 Å². The highest BCUT2D eigenvalue weighted by atomic mass is 28.4. The number of anilines is 1. The van der Waals surface area contributed by atoms with E-state index in [1.165, 1.54) is 6.07 Å². The second kappa shape index (κ2) is 17.4. The van der Waals surface area contributed by atoms with Gasteiger partial charge in [-0.2, -0.15) is 5.10 Å². The van der Waals surface area contributed by atoms with Crippen molar-refractivity contribution in [1.29, 1.82) is 0 Å². The van der Waals surface area contributed by atoms with E-state index >= 15 is 0 Å².